The van der Waals surface area contributed by atoms with Crippen molar-refractivity contribution in [1.82, 2.24) is 14.0 Å². The Morgan fingerprint density at radius 3 is 2.69 bits per heavy atom. The second-order valence-corrected chi connectivity index (χ2v) is 3.50. The molecular formula is C7H8BrN5. The summed E-state index contributed by atoms with van der Waals surface area (Å²) < 4.78 is 1.61. The Morgan fingerprint density at radius 1 is 1.31 bits per heavy atom. The predicted octanol–water partition coefficient (Wildman–Crippen LogP) is 1.75. The van der Waals surface area contributed by atoms with Gasteiger partial charge in [-0.1, -0.05) is 5.22 Å². The first-order valence-electron chi connectivity index (χ1n) is 3.83. The smallest absolute Gasteiger partial charge is 0.139 e. The Labute approximate surface area is 84.4 Å². The summed E-state index contributed by atoms with van der Waals surface area (Å²) in [6, 6.07) is 3.93. The van der Waals surface area contributed by atoms with Crippen LogP contribution in [-0.2, 0) is 6.54 Å². The number of aromatic nitrogens is 1. The maximum atomic E-state index is 3.94. The molecule has 0 fully saturated rings. The standard InChI is InChI=1S/C7H8BrN5/c8-13-6-12(10-11-13)5-7-1-3-9-4-2-7/h1-4H,5-6H2. The molecule has 0 unspecified atom stereocenters. The highest BCUT2D eigenvalue weighted by atomic mass is 79.9. The Balaban J connectivity index is 1.96. The first-order chi connectivity index (χ1) is 6.34. The van der Waals surface area contributed by atoms with E-state index in [1.807, 2.05) is 17.1 Å². The van der Waals surface area contributed by atoms with E-state index in [4.69, 9.17) is 0 Å². The third-order valence-corrected chi connectivity index (χ3v) is 2.02. The second kappa shape index (κ2) is 3.69. The fourth-order valence-corrected chi connectivity index (χ4v) is 1.39. The molecule has 0 aromatic carbocycles. The molecule has 0 N–H and O–H groups in total. The molecule has 1 aromatic heterocycles. The van der Waals surface area contributed by atoms with E-state index in [9.17, 15) is 0 Å². The number of pyridine rings is 1. The Kier molecular flexibility index (Phi) is 2.40. The van der Waals surface area contributed by atoms with E-state index in [0.717, 1.165) is 6.54 Å². The maximum Gasteiger partial charge on any atom is 0.139 e. The summed E-state index contributed by atoms with van der Waals surface area (Å²) in [5.74, 6) is 0. The van der Waals surface area contributed by atoms with Crippen molar-refractivity contribution in [2.24, 2.45) is 10.4 Å². The number of halogens is 1. The van der Waals surface area contributed by atoms with E-state index in [0.29, 0.717) is 6.67 Å². The molecule has 0 atom stereocenters. The van der Waals surface area contributed by atoms with Gasteiger partial charge in [0.1, 0.15) is 6.67 Å². The molecule has 0 aliphatic carbocycles. The zero-order valence-electron chi connectivity index (χ0n) is 6.84. The SMILES string of the molecule is BrN1CN(Cc2ccncc2)N=N1. The molecule has 2 rings (SSSR count). The van der Waals surface area contributed by atoms with Crippen LogP contribution >= 0.6 is 16.1 Å². The summed E-state index contributed by atoms with van der Waals surface area (Å²) in [7, 11) is 0. The van der Waals surface area contributed by atoms with Gasteiger partial charge in [0.2, 0.25) is 0 Å². The van der Waals surface area contributed by atoms with Crippen molar-refractivity contribution in [2.45, 2.75) is 6.54 Å². The van der Waals surface area contributed by atoms with Crippen LogP contribution in [0.3, 0.4) is 0 Å². The Bertz CT molecular complexity index is 301. The summed E-state index contributed by atoms with van der Waals surface area (Å²) in [5.41, 5.74) is 1.18. The normalized spacial score (nSPS) is 15.5. The third kappa shape index (κ3) is 2.15. The molecule has 5 nitrogen and oxygen atoms in total. The highest BCUT2D eigenvalue weighted by molar-refractivity contribution is 9.07. The van der Waals surface area contributed by atoms with E-state index in [1.54, 1.807) is 16.4 Å². The number of hydrogen-bond donors (Lipinski definition) is 0. The van der Waals surface area contributed by atoms with E-state index >= 15 is 0 Å². The predicted molar refractivity (Wildman–Crippen MR) is 50.3 cm³/mol. The minimum Gasteiger partial charge on any atom is -0.265 e. The lowest BCUT2D eigenvalue weighted by Crippen LogP contribution is -2.18. The molecule has 68 valence electrons. The van der Waals surface area contributed by atoms with Crippen LogP contribution in [0.4, 0.5) is 0 Å². The van der Waals surface area contributed by atoms with Gasteiger partial charge < -0.3 is 0 Å². The largest absolute Gasteiger partial charge is 0.265 e. The van der Waals surface area contributed by atoms with Gasteiger partial charge in [-0.25, -0.2) is 0 Å². The summed E-state index contributed by atoms with van der Waals surface area (Å²) in [6.45, 7) is 1.43. The van der Waals surface area contributed by atoms with Crippen LogP contribution in [0.15, 0.2) is 35.0 Å². The number of hydrogen-bond acceptors (Lipinski definition) is 5. The molecular weight excluding hydrogens is 234 g/mol. The van der Waals surface area contributed by atoms with Crippen LogP contribution in [0.1, 0.15) is 5.56 Å². The van der Waals surface area contributed by atoms with Crippen molar-refractivity contribution >= 4 is 16.1 Å². The molecule has 6 heteroatoms. The zero-order chi connectivity index (χ0) is 9.10. The molecule has 0 spiro atoms. The molecule has 1 aliphatic rings. The van der Waals surface area contributed by atoms with Gasteiger partial charge in [0.25, 0.3) is 0 Å². The minimum absolute atomic E-state index is 0.669. The molecule has 0 saturated heterocycles. The van der Waals surface area contributed by atoms with Crippen LogP contribution < -0.4 is 0 Å². The van der Waals surface area contributed by atoms with Crippen molar-refractivity contribution in [2.75, 3.05) is 6.67 Å². The average Bonchev–Trinajstić information content (AvgIpc) is 2.53. The molecule has 0 bridgehead atoms. The fraction of sp³-hybridized carbons (Fsp3) is 0.286. The van der Waals surface area contributed by atoms with Crippen LogP contribution in [0.5, 0.6) is 0 Å². The van der Waals surface area contributed by atoms with Crippen molar-refractivity contribution in [3.05, 3.63) is 30.1 Å². The van der Waals surface area contributed by atoms with Gasteiger partial charge in [-0.15, -0.1) is 0 Å². The monoisotopic (exact) mass is 241 g/mol. The Morgan fingerprint density at radius 2 is 2.08 bits per heavy atom. The first-order valence-corrected chi connectivity index (χ1v) is 4.54. The lowest BCUT2D eigenvalue weighted by molar-refractivity contribution is 0.274. The summed E-state index contributed by atoms with van der Waals surface area (Å²) >= 11 is 3.21. The third-order valence-electron chi connectivity index (χ3n) is 1.66. The maximum absolute atomic E-state index is 3.94. The minimum atomic E-state index is 0.669. The van der Waals surface area contributed by atoms with Gasteiger partial charge in [0.05, 0.1) is 22.7 Å². The van der Waals surface area contributed by atoms with Gasteiger partial charge >= 0.3 is 0 Å². The van der Waals surface area contributed by atoms with E-state index < -0.39 is 0 Å². The van der Waals surface area contributed by atoms with Crippen LogP contribution in [-0.4, -0.2) is 20.7 Å². The molecule has 1 aromatic rings. The molecule has 0 radical (unpaired) electrons. The average molecular weight is 242 g/mol. The van der Waals surface area contributed by atoms with Crippen LogP contribution in [0.25, 0.3) is 0 Å². The van der Waals surface area contributed by atoms with Gasteiger partial charge in [-0.05, 0) is 22.9 Å². The lowest BCUT2D eigenvalue weighted by atomic mass is 10.3. The van der Waals surface area contributed by atoms with Crippen molar-refractivity contribution < 1.29 is 0 Å². The van der Waals surface area contributed by atoms with Gasteiger partial charge in [-0.3, -0.25) is 9.99 Å². The first kappa shape index (κ1) is 8.43. The summed E-state index contributed by atoms with van der Waals surface area (Å²) in [5, 5.41) is 9.58. The number of nitrogens with zero attached hydrogens (tertiary/aromatic N) is 5. The zero-order valence-corrected chi connectivity index (χ0v) is 8.42. The highest BCUT2D eigenvalue weighted by Gasteiger charge is 2.12. The fourth-order valence-electron chi connectivity index (χ4n) is 1.07. The second-order valence-electron chi connectivity index (χ2n) is 2.68. The summed E-state index contributed by atoms with van der Waals surface area (Å²) in [4.78, 5) is 3.94. The summed E-state index contributed by atoms with van der Waals surface area (Å²) in [6.07, 6.45) is 3.54. The van der Waals surface area contributed by atoms with E-state index in [1.165, 1.54) is 5.56 Å². The van der Waals surface area contributed by atoms with Crippen molar-refractivity contribution in [3.63, 3.8) is 0 Å². The molecule has 2 heterocycles. The topological polar surface area (TPSA) is 44.1 Å². The number of rotatable bonds is 2. The van der Waals surface area contributed by atoms with E-state index in [2.05, 4.69) is 31.6 Å². The lowest BCUT2D eigenvalue weighted by Gasteiger charge is -2.11. The van der Waals surface area contributed by atoms with Crippen molar-refractivity contribution in [1.29, 1.82) is 0 Å². The van der Waals surface area contributed by atoms with Gasteiger partial charge in [-0.2, -0.15) is 4.03 Å². The quantitative estimate of drug-likeness (QED) is 0.742. The molecule has 1 aliphatic heterocycles. The Hall–Kier alpha value is -1.17. The highest BCUT2D eigenvalue weighted by Crippen LogP contribution is 2.14. The molecule has 13 heavy (non-hydrogen) atoms. The van der Waals surface area contributed by atoms with E-state index in [-0.39, 0.29) is 0 Å². The molecule has 0 amide bonds. The molecule has 0 saturated carbocycles. The van der Waals surface area contributed by atoms with Crippen LogP contribution in [0.2, 0.25) is 0 Å². The van der Waals surface area contributed by atoms with Gasteiger partial charge in [0.15, 0.2) is 0 Å². The van der Waals surface area contributed by atoms with Gasteiger partial charge in [0, 0.05) is 12.4 Å². The van der Waals surface area contributed by atoms with Crippen LogP contribution in [0, 0.1) is 0 Å². The van der Waals surface area contributed by atoms with Crippen molar-refractivity contribution in [3.8, 4) is 0 Å².